The second kappa shape index (κ2) is 5.70. The number of rotatable bonds is 3. The SMILES string of the molecule is O=S(=O)(CC1CCCCC1)N1CCC2CCC(C1)N2. The summed E-state index contributed by atoms with van der Waals surface area (Å²) in [5.41, 5.74) is 0. The zero-order valence-electron chi connectivity index (χ0n) is 11.7. The first-order valence-electron chi connectivity index (χ1n) is 7.87. The third kappa shape index (κ3) is 3.31. The molecule has 19 heavy (non-hydrogen) atoms. The molecule has 2 bridgehead atoms. The van der Waals surface area contributed by atoms with Crippen LogP contribution in [0.3, 0.4) is 0 Å². The first kappa shape index (κ1) is 13.8. The van der Waals surface area contributed by atoms with Crippen molar-refractivity contribution in [3.63, 3.8) is 0 Å². The van der Waals surface area contributed by atoms with Crippen molar-refractivity contribution in [3.8, 4) is 0 Å². The molecule has 0 amide bonds. The van der Waals surface area contributed by atoms with E-state index in [1.807, 2.05) is 0 Å². The van der Waals surface area contributed by atoms with Crippen LogP contribution in [0.5, 0.6) is 0 Å². The van der Waals surface area contributed by atoms with Gasteiger partial charge in [-0.25, -0.2) is 12.7 Å². The third-order valence-corrected chi connectivity index (χ3v) is 7.06. The molecule has 2 aliphatic heterocycles. The normalized spacial score (nSPS) is 34.3. The van der Waals surface area contributed by atoms with E-state index >= 15 is 0 Å². The average Bonchev–Trinajstić information content (AvgIpc) is 2.69. The Bertz CT molecular complexity index is 404. The molecule has 2 heterocycles. The van der Waals surface area contributed by atoms with Gasteiger partial charge < -0.3 is 5.32 Å². The molecule has 0 aromatic heterocycles. The van der Waals surface area contributed by atoms with Gasteiger partial charge in [0.15, 0.2) is 0 Å². The van der Waals surface area contributed by atoms with Gasteiger partial charge in [-0.1, -0.05) is 19.3 Å². The minimum atomic E-state index is -3.04. The van der Waals surface area contributed by atoms with Crippen molar-refractivity contribution in [1.29, 1.82) is 0 Å². The Balaban J connectivity index is 1.62. The third-order valence-electron chi connectivity index (χ3n) is 5.05. The van der Waals surface area contributed by atoms with Crippen molar-refractivity contribution in [2.75, 3.05) is 18.8 Å². The quantitative estimate of drug-likeness (QED) is 0.859. The second-order valence-corrected chi connectivity index (χ2v) is 8.58. The van der Waals surface area contributed by atoms with Crippen LogP contribution in [0.1, 0.15) is 51.4 Å². The monoisotopic (exact) mass is 286 g/mol. The van der Waals surface area contributed by atoms with Crippen LogP contribution < -0.4 is 5.32 Å². The predicted molar refractivity (Wildman–Crippen MR) is 76.5 cm³/mol. The maximum Gasteiger partial charge on any atom is 0.214 e. The lowest BCUT2D eigenvalue weighted by Gasteiger charge is -2.27. The van der Waals surface area contributed by atoms with Crippen LogP contribution in [-0.4, -0.2) is 43.6 Å². The molecule has 0 spiro atoms. The van der Waals surface area contributed by atoms with Gasteiger partial charge in [0.2, 0.25) is 10.0 Å². The number of fused-ring (bicyclic) bond motifs is 2. The van der Waals surface area contributed by atoms with Crippen molar-refractivity contribution in [1.82, 2.24) is 9.62 Å². The van der Waals surface area contributed by atoms with Gasteiger partial charge in [-0.2, -0.15) is 0 Å². The maximum absolute atomic E-state index is 12.6. The van der Waals surface area contributed by atoms with Crippen LogP contribution in [-0.2, 0) is 10.0 Å². The Morgan fingerprint density at radius 3 is 2.47 bits per heavy atom. The largest absolute Gasteiger partial charge is 0.310 e. The molecule has 0 radical (unpaired) electrons. The van der Waals surface area contributed by atoms with Gasteiger partial charge in [0.1, 0.15) is 0 Å². The van der Waals surface area contributed by atoms with Crippen molar-refractivity contribution < 1.29 is 8.42 Å². The van der Waals surface area contributed by atoms with Crippen LogP contribution in [0.15, 0.2) is 0 Å². The Hall–Kier alpha value is -0.130. The summed E-state index contributed by atoms with van der Waals surface area (Å²) in [6, 6.07) is 0.952. The summed E-state index contributed by atoms with van der Waals surface area (Å²) in [5.74, 6) is 0.803. The Morgan fingerprint density at radius 2 is 1.68 bits per heavy atom. The molecular weight excluding hydrogens is 260 g/mol. The fourth-order valence-electron chi connectivity index (χ4n) is 3.92. The summed E-state index contributed by atoms with van der Waals surface area (Å²) < 4.78 is 26.9. The first-order valence-corrected chi connectivity index (χ1v) is 9.48. The van der Waals surface area contributed by atoms with E-state index in [1.165, 1.54) is 25.7 Å². The van der Waals surface area contributed by atoms with Crippen LogP contribution in [0.2, 0.25) is 0 Å². The van der Waals surface area contributed by atoms with Gasteiger partial charge >= 0.3 is 0 Å². The molecule has 1 aliphatic carbocycles. The van der Waals surface area contributed by atoms with Gasteiger partial charge in [0, 0.05) is 25.2 Å². The van der Waals surface area contributed by atoms with E-state index < -0.39 is 10.0 Å². The van der Waals surface area contributed by atoms with Crippen LogP contribution in [0.4, 0.5) is 0 Å². The number of hydrogen-bond acceptors (Lipinski definition) is 3. The molecular formula is C14H26N2O2S. The van der Waals surface area contributed by atoms with Crippen LogP contribution in [0, 0.1) is 5.92 Å². The van der Waals surface area contributed by atoms with Crippen molar-refractivity contribution in [2.45, 2.75) is 63.5 Å². The number of sulfonamides is 1. The molecule has 1 saturated carbocycles. The van der Waals surface area contributed by atoms with Crippen LogP contribution >= 0.6 is 0 Å². The minimum Gasteiger partial charge on any atom is -0.310 e. The van der Waals surface area contributed by atoms with Gasteiger partial charge in [0.25, 0.3) is 0 Å². The second-order valence-electron chi connectivity index (χ2n) is 6.57. The fraction of sp³-hybridized carbons (Fsp3) is 1.00. The van der Waals surface area contributed by atoms with Gasteiger partial charge in [-0.05, 0) is 38.0 Å². The highest BCUT2D eigenvalue weighted by atomic mass is 32.2. The fourth-order valence-corrected chi connectivity index (χ4v) is 5.85. The number of nitrogens with zero attached hydrogens (tertiary/aromatic N) is 1. The Labute approximate surface area is 117 Å². The highest BCUT2D eigenvalue weighted by Crippen LogP contribution is 2.27. The number of hydrogen-bond donors (Lipinski definition) is 1. The van der Waals surface area contributed by atoms with E-state index in [-0.39, 0.29) is 0 Å². The first-order chi connectivity index (χ1) is 9.13. The molecule has 0 aromatic rings. The van der Waals surface area contributed by atoms with Gasteiger partial charge in [0.05, 0.1) is 5.75 Å². The van der Waals surface area contributed by atoms with E-state index in [0.29, 0.717) is 30.3 Å². The highest BCUT2D eigenvalue weighted by Gasteiger charge is 2.35. The Morgan fingerprint density at radius 1 is 0.947 bits per heavy atom. The van der Waals surface area contributed by atoms with Crippen LogP contribution in [0.25, 0.3) is 0 Å². The molecule has 110 valence electrons. The molecule has 1 N–H and O–H groups in total. The summed E-state index contributed by atoms with van der Waals surface area (Å²) in [4.78, 5) is 0. The van der Waals surface area contributed by atoms with Crippen molar-refractivity contribution in [2.24, 2.45) is 5.92 Å². The van der Waals surface area contributed by atoms with Crippen molar-refractivity contribution in [3.05, 3.63) is 0 Å². The van der Waals surface area contributed by atoms with Gasteiger partial charge in [-0.3, -0.25) is 0 Å². The zero-order valence-corrected chi connectivity index (χ0v) is 12.5. The molecule has 3 fully saturated rings. The van der Waals surface area contributed by atoms with E-state index in [2.05, 4.69) is 5.32 Å². The van der Waals surface area contributed by atoms with E-state index in [9.17, 15) is 8.42 Å². The maximum atomic E-state index is 12.6. The molecule has 4 nitrogen and oxygen atoms in total. The lowest BCUT2D eigenvalue weighted by Crippen LogP contribution is -2.41. The zero-order chi connectivity index (χ0) is 13.3. The predicted octanol–water partition coefficient (Wildman–Crippen LogP) is 1.72. The van der Waals surface area contributed by atoms with E-state index in [0.717, 1.165) is 32.2 Å². The van der Waals surface area contributed by atoms with Gasteiger partial charge in [-0.15, -0.1) is 0 Å². The average molecular weight is 286 g/mol. The molecule has 5 heteroatoms. The Kier molecular flexibility index (Phi) is 4.15. The molecule has 2 atom stereocenters. The summed E-state index contributed by atoms with van der Waals surface area (Å²) in [5, 5.41) is 3.55. The number of nitrogens with one attached hydrogen (secondary N) is 1. The van der Waals surface area contributed by atoms with E-state index in [1.54, 1.807) is 4.31 Å². The lowest BCUT2D eigenvalue weighted by atomic mass is 9.91. The molecule has 3 aliphatic rings. The summed E-state index contributed by atoms with van der Waals surface area (Å²) in [6.45, 7) is 1.43. The molecule has 2 unspecified atom stereocenters. The summed E-state index contributed by atoms with van der Waals surface area (Å²) >= 11 is 0. The lowest BCUT2D eigenvalue weighted by molar-refractivity contribution is 0.355. The smallest absolute Gasteiger partial charge is 0.214 e. The molecule has 2 saturated heterocycles. The molecule has 0 aromatic carbocycles. The minimum absolute atomic E-state index is 0.393. The topological polar surface area (TPSA) is 49.4 Å². The standard InChI is InChI=1S/C14H26N2O2S/c17-19(18,11-12-4-2-1-3-5-12)16-9-8-13-6-7-14(10-16)15-13/h12-15H,1-11H2. The summed E-state index contributed by atoms with van der Waals surface area (Å²) in [7, 11) is -3.04. The summed E-state index contributed by atoms with van der Waals surface area (Å²) in [6.07, 6.45) is 9.28. The molecule has 3 rings (SSSR count). The van der Waals surface area contributed by atoms with E-state index in [4.69, 9.17) is 0 Å². The van der Waals surface area contributed by atoms with Crippen molar-refractivity contribution >= 4 is 10.0 Å². The highest BCUT2D eigenvalue weighted by molar-refractivity contribution is 7.89.